The van der Waals surface area contributed by atoms with Crippen LogP contribution in [0.1, 0.15) is 31.2 Å². The molecule has 1 N–H and O–H groups in total. The third kappa shape index (κ3) is 8.90. The van der Waals surface area contributed by atoms with Crippen LogP contribution in [0, 0.1) is 11.8 Å². The van der Waals surface area contributed by atoms with Crippen molar-refractivity contribution in [2.75, 3.05) is 57.8 Å². The summed E-state index contributed by atoms with van der Waals surface area (Å²) in [5, 5.41) is 9.85. The van der Waals surface area contributed by atoms with E-state index in [0.717, 1.165) is 80.9 Å². The van der Waals surface area contributed by atoms with Gasteiger partial charge < -0.3 is 15.0 Å². The van der Waals surface area contributed by atoms with Crippen LogP contribution in [0.2, 0.25) is 5.02 Å². The van der Waals surface area contributed by atoms with Crippen LogP contribution in [0.25, 0.3) is 16.6 Å². The number of hydrogen-bond acceptors (Lipinski definition) is 7. The van der Waals surface area contributed by atoms with Gasteiger partial charge in [0.05, 0.1) is 12.6 Å². The van der Waals surface area contributed by atoms with Crippen LogP contribution >= 0.6 is 11.6 Å². The molecule has 0 unspecified atom stereocenters. The van der Waals surface area contributed by atoms with E-state index in [1.807, 2.05) is 54.7 Å². The molecule has 2 aliphatic rings. The number of anilines is 1. The Morgan fingerprint density at radius 2 is 1.90 bits per heavy atom. The summed E-state index contributed by atoms with van der Waals surface area (Å²) in [6.45, 7) is 11.9. The van der Waals surface area contributed by atoms with Gasteiger partial charge in [0.2, 0.25) is 0 Å². The maximum Gasteiger partial charge on any atom is 0.350 e. The summed E-state index contributed by atoms with van der Waals surface area (Å²) in [6.07, 6.45) is 11.6. The van der Waals surface area contributed by atoms with Crippen LogP contribution in [-0.2, 0) is 13.0 Å². The highest BCUT2D eigenvalue weighted by Crippen LogP contribution is 2.28. The Labute approximate surface area is 294 Å². The first kappa shape index (κ1) is 34.7. The lowest BCUT2D eigenvalue weighted by atomic mass is 9.82. The normalized spacial score (nSPS) is 18.3. The number of rotatable bonds is 11. The number of benzene rings is 2. The van der Waals surface area contributed by atoms with Gasteiger partial charge >= 0.3 is 5.69 Å². The van der Waals surface area contributed by atoms with E-state index < -0.39 is 0 Å². The predicted octanol–water partition coefficient (Wildman–Crippen LogP) is 6.34. The van der Waals surface area contributed by atoms with Crippen molar-refractivity contribution in [3.8, 4) is 5.75 Å². The minimum Gasteiger partial charge on any atom is -0.497 e. The first-order chi connectivity index (χ1) is 24.0. The van der Waals surface area contributed by atoms with Crippen LogP contribution in [0.3, 0.4) is 0 Å². The lowest BCUT2D eigenvalue weighted by molar-refractivity contribution is 0.248. The zero-order chi connectivity index (χ0) is 34.0. The van der Waals surface area contributed by atoms with Crippen molar-refractivity contribution in [2.45, 2.75) is 38.6 Å². The van der Waals surface area contributed by atoms with E-state index >= 15 is 0 Å². The molecular formula is C39H48ClN7O2. The van der Waals surface area contributed by atoms with Crippen molar-refractivity contribution < 1.29 is 4.74 Å². The number of halogens is 1. The van der Waals surface area contributed by atoms with Gasteiger partial charge in [-0.1, -0.05) is 29.8 Å². The summed E-state index contributed by atoms with van der Waals surface area (Å²) in [7, 11) is 1.71. The molecule has 0 radical (unpaired) electrons. The molecule has 2 aromatic carbocycles. The average Bonchev–Trinajstić information content (AvgIpc) is 3.47. The monoisotopic (exact) mass is 681 g/mol. The standard InChI is InChI=1S/C20H26N2O.C19H22ClN5O/c1-3-15-14-21-11-9-16(15)5-4-6-17-10-12-22-20-8-7-18(23-2)13-19(17)20;20-16-5-3-6-17(15-16)23-13-11-22(12-14-23)8-4-10-25-19(26)24-9-2-1-7-18(24)21-25/h3,7-8,10,12-13,15-16,21H,1,4-6,9,11,14H2,2H3;1-3,5-7,9,15H,4,8,10-14H2/t15-,16+;/m0./s1. The van der Waals surface area contributed by atoms with E-state index in [2.05, 4.69) is 56.1 Å². The fourth-order valence-corrected chi connectivity index (χ4v) is 7.30. The Hall–Kier alpha value is -4.18. The largest absolute Gasteiger partial charge is 0.497 e. The van der Waals surface area contributed by atoms with Crippen molar-refractivity contribution in [1.29, 1.82) is 0 Å². The molecule has 2 saturated heterocycles. The topological polar surface area (TPSA) is 79.9 Å². The van der Waals surface area contributed by atoms with Crippen molar-refractivity contribution in [3.63, 3.8) is 0 Å². The van der Waals surface area contributed by atoms with Gasteiger partial charge in [-0.3, -0.25) is 14.3 Å². The number of aryl methyl sites for hydroxylation is 2. The van der Waals surface area contributed by atoms with Gasteiger partial charge in [0.15, 0.2) is 5.65 Å². The van der Waals surface area contributed by atoms with Gasteiger partial charge in [0, 0.05) is 74.3 Å². The lowest BCUT2D eigenvalue weighted by Crippen LogP contribution is -2.46. The van der Waals surface area contributed by atoms with E-state index in [-0.39, 0.29) is 5.69 Å². The molecule has 5 aromatic rings. The van der Waals surface area contributed by atoms with Gasteiger partial charge in [-0.05, 0) is 111 Å². The number of fused-ring (bicyclic) bond motifs is 2. The number of piperazine rings is 1. The summed E-state index contributed by atoms with van der Waals surface area (Å²) in [5.74, 6) is 2.30. The SMILES string of the molecule is C=C[C@H]1CNCC[C@H]1CCCc1ccnc2ccc(OC)cc12.O=c1n(CCCN2CCN(c3cccc(Cl)c3)CC2)nc2ccccn12. The molecule has 5 heterocycles. The van der Waals surface area contributed by atoms with Crippen molar-refractivity contribution in [3.05, 3.63) is 113 Å². The zero-order valence-electron chi connectivity index (χ0n) is 28.5. The van der Waals surface area contributed by atoms with Crippen LogP contribution in [-0.4, -0.2) is 77.0 Å². The Bertz CT molecular complexity index is 1880. The lowest BCUT2D eigenvalue weighted by Gasteiger charge is -2.36. The fourth-order valence-electron chi connectivity index (χ4n) is 7.11. The number of nitrogens with zero attached hydrogens (tertiary/aromatic N) is 6. The van der Waals surface area contributed by atoms with Gasteiger partial charge in [-0.2, -0.15) is 0 Å². The Balaban J connectivity index is 0.000000171. The molecule has 0 saturated carbocycles. The summed E-state index contributed by atoms with van der Waals surface area (Å²) in [6, 6.07) is 21.9. The molecule has 3 aromatic heterocycles. The second kappa shape index (κ2) is 17.0. The molecule has 0 amide bonds. The smallest absolute Gasteiger partial charge is 0.350 e. The molecule has 10 heteroatoms. The number of hydrogen-bond donors (Lipinski definition) is 1. The quantitative estimate of drug-likeness (QED) is 0.163. The summed E-state index contributed by atoms with van der Waals surface area (Å²) in [4.78, 5) is 21.6. The predicted molar refractivity (Wildman–Crippen MR) is 200 cm³/mol. The highest BCUT2D eigenvalue weighted by atomic mass is 35.5. The molecule has 2 aliphatic heterocycles. The molecule has 2 atom stereocenters. The van der Waals surface area contributed by atoms with Crippen LogP contribution < -0.4 is 20.6 Å². The maximum absolute atomic E-state index is 12.3. The van der Waals surface area contributed by atoms with Crippen molar-refractivity contribution >= 4 is 33.8 Å². The number of ether oxygens (including phenoxy) is 1. The number of pyridine rings is 2. The van der Waals surface area contributed by atoms with Gasteiger partial charge in [-0.15, -0.1) is 11.7 Å². The third-order valence-corrected chi connectivity index (χ3v) is 10.2. The van der Waals surface area contributed by atoms with Gasteiger partial charge in [-0.25, -0.2) is 9.48 Å². The summed E-state index contributed by atoms with van der Waals surface area (Å²) >= 11 is 6.09. The molecule has 49 heavy (non-hydrogen) atoms. The molecule has 0 spiro atoms. The van der Waals surface area contributed by atoms with E-state index in [9.17, 15) is 4.79 Å². The van der Waals surface area contributed by atoms with E-state index in [4.69, 9.17) is 16.3 Å². The van der Waals surface area contributed by atoms with E-state index in [0.29, 0.717) is 18.1 Å². The second-order valence-electron chi connectivity index (χ2n) is 13.0. The zero-order valence-corrected chi connectivity index (χ0v) is 29.3. The Morgan fingerprint density at radius 3 is 2.69 bits per heavy atom. The number of nitrogens with one attached hydrogen (secondary N) is 1. The van der Waals surface area contributed by atoms with Crippen molar-refractivity contribution in [2.24, 2.45) is 11.8 Å². The van der Waals surface area contributed by atoms with Crippen LogP contribution in [0.4, 0.5) is 5.69 Å². The fraction of sp³-hybridized carbons (Fsp3) is 0.410. The van der Waals surface area contributed by atoms with Crippen molar-refractivity contribution in [1.82, 2.24) is 29.4 Å². The highest BCUT2D eigenvalue weighted by molar-refractivity contribution is 6.30. The van der Waals surface area contributed by atoms with Gasteiger partial charge in [0.1, 0.15) is 5.75 Å². The second-order valence-corrected chi connectivity index (χ2v) is 13.4. The first-order valence-corrected chi connectivity index (χ1v) is 17.9. The van der Waals surface area contributed by atoms with Crippen LogP contribution in [0.5, 0.6) is 5.75 Å². The van der Waals surface area contributed by atoms with E-state index in [1.165, 1.54) is 35.9 Å². The highest BCUT2D eigenvalue weighted by Gasteiger charge is 2.22. The average molecular weight is 682 g/mol. The minimum absolute atomic E-state index is 0.0635. The Morgan fingerprint density at radius 1 is 1.02 bits per heavy atom. The molecule has 0 bridgehead atoms. The van der Waals surface area contributed by atoms with Crippen LogP contribution in [0.15, 0.2) is 96.6 Å². The number of piperidine rings is 1. The Kier molecular flexibility index (Phi) is 12.0. The molecule has 2 fully saturated rings. The first-order valence-electron chi connectivity index (χ1n) is 17.5. The summed E-state index contributed by atoms with van der Waals surface area (Å²) in [5.41, 5.74) is 4.25. The third-order valence-electron chi connectivity index (χ3n) is 9.92. The van der Waals surface area contributed by atoms with E-state index in [1.54, 1.807) is 22.4 Å². The molecule has 9 nitrogen and oxygen atoms in total. The maximum atomic E-state index is 12.3. The minimum atomic E-state index is -0.0635. The molecular weight excluding hydrogens is 634 g/mol. The molecule has 7 rings (SSSR count). The molecule has 258 valence electrons. The van der Waals surface area contributed by atoms with Gasteiger partial charge in [0.25, 0.3) is 0 Å². The summed E-state index contributed by atoms with van der Waals surface area (Å²) < 4.78 is 8.51. The number of aromatic nitrogens is 4. The molecule has 0 aliphatic carbocycles. The number of methoxy groups -OCH3 is 1.